The number of nitrogens with zero attached hydrogens (tertiary/aromatic N) is 2. The number of guanidine groups is 1. The summed E-state index contributed by atoms with van der Waals surface area (Å²) in [5, 5.41) is 6.53. The molecule has 0 saturated heterocycles. The highest BCUT2D eigenvalue weighted by molar-refractivity contribution is 7.90. The fourth-order valence-corrected chi connectivity index (χ4v) is 3.59. The zero-order valence-electron chi connectivity index (χ0n) is 17.7. The first kappa shape index (κ1) is 22.7. The largest absolute Gasteiger partial charge is 0.496 e. The van der Waals surface area contributed by atoms with Crippen LogP contribution in [-0.4, -0.2) is 45.8 Å². The van der Waals surface area contributed by atoms with Gasteiger partial charge in [0.2, 0.25) is 0 Å². The standard InChI is InChI=1S/C21H30N4O3S/c1-6-22-21(25-14-19-16(3)20(28-4)15(2)13-24-19)23-12-11-17-7-9-18(10-8-17)29(5,26)27/h7-10,13H,6,11-12,14H2,1-5H3,(H2,22,23,25). The Bertz CT molecular complexity index is 955. The van der Waals surface area contributed by atoms with Gasteiger partial charge in [-0.25, -0.2) is 13.4 Å². The Morgan fingerprint density at radius 1 is 1.17 bits per heavy atom. The maximum atomic E-state index is 11.5. The molecule has 1 aromatic carbocycles. The summed E-state index contributed by atoms with van der Waals surface area (Å²) in [6.07, 6.45) is 3.77. The van der Waals surface area contributed by atoms with Crippen LogP contribution in [0.3, 0.4) is 0 Å². The van der Waals surface area contributed by atoms with Crippen LogP contribution in [0.15, 0.2) is 40.4 Å². The third-order valence-corrected chi connectivity index (χ3v) is 5.67. The highest BCUT2D eigenvalue weighted by atomic mass is 32.2. The van der Waals surface area contributed by atoms with E-state index in [1.807, 2.05) is 32.9 Å². The first-order valence-corrected chi connectivity index (χ1v) is 11.5. The van der Waals surface area contributed by atoms with Crippen LogP contribution in [0.25, 0.3) is 0 Å². The fraction of sp³-hybridized carbons (Fsp3) is 0.429. The number of hydrogen-bond donors (Lipinski definition) is 2. The van der Waals surface area contributed by atoms with E-state index in [2.05, 4.69) is 20.6 Å². The second-order valence-corrected chi connectivity index (χ2v) is 8.85. The molecular weight excluding hydrogens is 388 g/mol. The molecule has 0 amide bonds. The normalized spacial score (nSPS) is 12.0. The van der Waals surface area contributed by atoms with Crippen molar-refractivity contribution in [3.05, 3.63) is 52.8 Å². The summed E-state index contributed by atoms with van der Waals surface area (Å²) < 4.78 is 28.5. The molecule has 0 spiro atoms. The fourth-order valence-electron chi connectivity index (χ4n) is 2.95. The molecule has 0 fully saturated rings. The molecule has 0 atom stereocenters. The van der Waals surface area contributed by atoms with Crippen molar-refractivity contribution in [1.82, 2.24) is 15.6 Å². The van der Waals surface area contributed by atoms with E-state index in [0.717, 1.165) is 41.1 Å². The lowest BCUT2D eigenvalue weighted by atomic mass is 10.1. The van der Waals surface area contributed by atoms with E-state index in [-0.39, 0.29) is 0 Å². The van der Waals surface area contributed by atoms with Crippen molar-refractivity contribution in [2.24, 2.45) is 4.99 Å². The van der Waals surface area contributed by atoms with Gasteiger partial charge in [-0.15, -0.1) is 0 Å². The van der Waals surface area contributed by atoms with Crippen molar-refractivity contribution in [2.75, 3.05) is 26.5 Å². The summed E-state index contributed by atoms with van der Waals surface area (Å²) in [6.45, 7) is 7.84. The van der Waals surface area contributed by atoms with Crippen molar-refractivity contribution in [2.45, 2.75) is 38.6 Å². The van der Waals surface area contributed by atoms with Gasteiger partial charge in [0.15, 0.2) is 15.8 Å². The highest BCUT2D eigenvalue weighted by Crippen LogP contribution is 2.24. The first-order valence-electron chi connectivity index (χ1n) is 9.56. The monoisotopic (exact) mass is 418 g/mol. The number of nitrogens with one attached hydrogen (secondary N) is 2. The molecule has 2 aromatic rings. The number of hydrogen-bond acceptors (Lipinski definition) is 5. The molecule has 0 bridgehead atoms. The Kier molecular flexibility index (Phi) is 8.01. The predicted molar refractivity (Wildman–Crippen MR) is 116 cm³/mol. The number of rotatable bonds is 8. The zero-order valence-corrected chi connectivity index (χ0v) is 18.6. The van der Waals surface area contributed by atoms with E-state index in [1.165, 1.54) is 6.26 Å². The molecular formula is C21H30N4O3S. The molecule has 0 unspecified atom stereocenters. The Labute approximate surface area is 173 Å². The first-order chi connectivity index (χ1) is 13.8. The molecule has 0 aliphatic carbocycles. The molecule has 0 aliphatic rings. The van der Waals surface area contributed by atoms with Crippen LogP contribution >= 0.6 is 0 Å². The zero-order chi connectivity index (χ0) is 21.4. The van der Waals surface area contributed by atoms with Crippen LogP contribution in [0.1, 0.15) is 29.3 Å². The van der Waals surface area contributed by atoms with Gasteiger partial charge >= 0.3 is 0 Å². The third kappa shape index (κ3) is 6.45. The van der Waals surface area contributed by atoms with Crippen LogP contribution < -0.4 is 15.4 Å². The minimum absolute atomic E-state index is 0.334. The SMILES string of the molecule is CCNC(=NCc1ncc(C)c(OC)c1C)NCCc1ccc(S(C)(=O)=O)cc1. The summed E-state index contributed by atoms with van der Waals surface area (Å²) in [6, 6.07) is 6.97. The van der Waals surface area contributed by atoms with E-state index in [9.17, 15) is 8.42 Å². The molecule has 2 rings (SSSR count). The minimum atomic E-state index is -3.17. The van der Waals surface area contributed by atoms with Crippen LogP contribution in [0.2, 0.25) is 0 Å². The molecule has 0 radical (unpaired) electrons. The van der Waals surface area contributed by atoms with Crippen molar-refractivity contribution >= 4 is 15.8 Å². The van der Waals surface area contributed by atoms with Crippen molar-refractivity contribution in [3.8, 4) is 5.75 Å². The van der Waals surface area contributed by atoms with Crippen LogP contribution in [-0.2, 0) is 22.8 Å². The average molecular weight is 419 g/mol. The average Bonchev–Trinajstić information content (AvgIpc) is 2.67. The van der Waals surface area contributed by atoms with Crippen molar-refractivity contribution in [3.63, 3.8) is 0 Å². The summed E-state index contributed by atoms with van der Waals surface area (Å²) in [5.41, 5.74) is 3.94. The molecule has 0 aliphatic heterocycles. The molecule has 1 heterocycles. The van der Waals surface area contributed by atoms with E-state index >= 15 is 0 Å². The smallest absolute Gasteiger partial charge is 0.191 e. The van der Waals surface area contributed by atoms with Crippen LogP contribution in [0.5, 0.6) is 5.75 Å². The number of ether oxygens (including phenoxy) is 1. The predicted octanol–water partition coefficient (Wildman–Crippen LogP) is 2.41. The summed E-state index contributed by atoms with van der Waals surface area (Å²) >= 11 is 0. The lowest BCUT2D eigenvalue weighted by molar-refractivity contribution is 0.407. The van der Waals surface area contributed by atoms with Gasteiger partial charge in [-0.2, -0.15) is 0 Å². The summed E-state index contributed by atoms with van der Waals surface area (Å²) in [7, 11) is -1.50. The van der Waals surface area contributed by atoms with E-state index in [4.69, 9.17) is 4.74 Å². The van der Waals surface area contributed by atoms with E-state index in [1.54, 1.807) is 25.4 Å². The number of benzene rings is 1. The van der Waals surface area contributed by atoms with Gasteiger partial charge < -0.3 is 15.4 Å². The van der Waals surface area contributed by atoms with Crippen molar-refractivity contribution < 1.29 is 13.2 Å². The lowest BCUT2D eigenvalue weighted by Crippen LogP contribution is -2.38. The van der Waals surface area contributed by atoms with Crippen molar-refractivity contribution in [1.29, 1.82) is 0 Å². The summed E-state index contributed by atoms with van der Waals surface area (Å²) in [5.74, 6) is 1.56. The third-order valence-electron chi connectivity index (χ3n) is 4.54. The number of methoxy groups -OCH3 is 1. The molecule has 7 nitrogen and oxygen atoms in total. The lowest BCUT2D eigenvalue weighted by Gasteiger charge is -2.13. The molecule has 0 saturated carbocycles. The highest BCUT2D eigenvalue weighted by Gasteiger charge is 2.09. The van der Waals surface area contributed by atoms with Gasteiger partial charge in [-0.3, -0.25) is 4.98 Å². The van der Waals surface area contributed by atoms with Gasteiger partial charge in [-0.1, -0.05) is 12.1 Å². The van der Waals surface area contributed by atoms with Gasteiger partial charge in [0.1, 0.15) is 5.75 Å². The number of sulfone groups is 1. The van der Waals surface area contributed by atoms with Gasteiger partial charge in [0.25, 0.3) is 0 Å². The molecule has 8 heteroatoms. The number of aryl methyl sites for hydroxylation is 1. The number of aromatic nitrogens is 1. The Hall–Kier alpha value is -2.61. The van der Waals surface area contributed by atoms with Gasteiger partial charge in [-0.05, 0) is 44.9 Å². The topological polar surface area (TPSA) is 92.7 Å². The maximum absolute atomic E-state index is 11.5. The summed E-state index contributed by atoms with van der Waals surface area (Å²) in [4.78, 5) is 9.44. The second-order valence-electron chi connectivity index (χ2n) is 6.83. The van der Waals surface area contributed by atoms with Gasteiger partial charge in [0.05, 0.1) is 24.2 Å². The number of pyridine rings is 1. The minimum Gasteiger partial charge on any atom is -0.496 e. The van der Waals surface area contributed by atoms with Crippen LogP contribution in [0.4, 0.5) is 0 Å². The molecule has 1 aromatic heterocycles. The Balaban J connectivity index is 1.99. The molecule has 29 heavy (non-hydrogen) atoms. The van der Waals surface area contributed by atoms with Gasteiger partial charge in [0, 0.05) is 36.7 Å². The van der Waals surface area contributed by atoms with Crippen LogP contribution in [0, 0.1) is 13.8 Å². The second kappa shape index (κ2) is 10.2. The van der Waals surface area contributed by atoms with E-state index < -0.39 is 9.84 Å². The maximum Gasteiger partial charge on any atom is 0.191 e. The molecule has 2 N–H and O–H groups in total. The Morgan fingerprint density at radius 2 is 1.86 bits per heavy atom. The molecule has 158 valence electrons. The quantitative estimate of drug-likeness (QED) is 0.505. The van der Waals surface area contributed by atoms with E-state index in [0.29, 0.717) is 23.9 Å². The number of aliphatic imine (C=N–C) groups is 1. The Morgan fingerprint density at radius 3 is 2.45 bits per heavy atom.